The minimum Gasteiger partial charge on any atom is -0.347 e. The third-order valence-corrected chi connectivity index (χ3v) is 5.49. The number of nitrogens with one attached hydrogen (secondary N) is 2. The van der Waals surface area contributed by atoms with Gasteiger partial charge in [-0.15, -0.1) is 5.10 Å². The second kappa shape index (κ2) is 8.99. The van der Waals surface area contributed by atoms with Gasteiger partial charge in [0.15, 0.2) is 5.69 Å². The molecule has 2 N–H and O–H groups in total. The predicted octanol–water partition coefficient (Wildman–Crippen LogP) is 2.59. The van der Waals surface area contributed by atoms with Crippen LogP contribution < -0.4 is 10.6 Å². The average Bonchev–Trinajstić information content (AvgIpc) is 3.18. The van der Waals surface area contributed by atoms with Gasteiger partial charge in [-0.2, -0.15) is 0 Å². The van der Waals surface area contributed by atoms with Crippen LogP contribution in [0.1, 0.15) is 39.8 Å². The summed E-state index contributed by atoms with van der Waals surface area (Å²) in [5.74, 6) is -0.250. The molecule has 1 aliphatic rings. The Morgan fingerprint density at radius 3 is 2.65 bits per heavy atom. The van der Waals surface area contributed by atoms with Crippen LogP contribution in [0.15, 0.2) is 48.5 Å². The van der Waals surface area contributed by atoms with E-state index in [2.05, 4.69) is 20.9 Å². The number of carbonyl (C=O) groups is 2. The summed E-state index contributed by atoms with van der Waals surface area (Å²) in [4.78, 5) is 26.7. The van der Waals surface area contributed by atoms with E-state index in [1.54, 1.807) is 4.68 Å². The van der Waals surface area contributed by atoms with Crippen LogP contribution in [0.3, 0.4) is 0 Å². The summed E-state index contributed by atoms with van der Waals surface area (Å²) >= 11 is 0. The zero-order chi connectivity index (χ0) is 21.8. The zero-order valence-corrected chi connectivity index (χ0v) is 17.8. The summed E-state index contributed by atoms with van der Waals surface area (Å²) in [5, 5.41) is 14.2. The Hall–Kier alpha value is -3.68. The molecule has 2 heterocycles. The van der Waals surface area contributed by atoms with Crippen LogP contribution in [-0.2, 0) is 19.5 Å². The van der Waals surface area contributed by atoms with E-state index in [4.69, 9.17) is 0 Å². The fourth-order valence-electron chi connectivity index (χ4n) is 3.85. The molecular formula is C23H26N6O2. The fourth-order valence-corrected chi connectivity index (χ4v) is 3.85. The largest absolute Gasteiger partial charge is 0.347 e. The molecule has 0 unspecified atom stereocenters. The number of benzene rings is 2. The van der Waals surface area contributed by atoms with Gasteiger partial charge in [-0.25, -0.2) is 9.48 Å². The van der Waals surface area contributed by atoms with Crippen molar-refractivity contribution in [3.05, 3.63) is 76.6 Å². The third-order valence-electron chi connectivity index (χ3n) is 5.49. The minimum atomic E-state index is -0.250. The van der Waals surface area contributed by atoms with Crippen molar-refractivity contribution in [2.45, 2.75) is 33.4 Å². The smallest absolute Gasteiger partial charge is 0.317 e. The maximum atomic E-state index is 12.7. The van der Waals surface area contributed by atoms with Crippen molar-refractivity contribution < 1.29 is 9.59 Å². The summed E-state index contributed by atoms with van der Waals surface area (Å²) in [6, 6.07) is 15.7. The molecule has 1 aromatic heterocycles. The number of fused-ring (bicyclic) bond motifs is 1. The first kappa shape index (κ1) is 20.6. The normalized spacial score (nSPS) is 12.9. The van der Waals surface area contributed by atoms with Gasteiger partial charge in [0.1, 0.15) is 0 Å². The summed E-state index contributed by atoms with van der Waals surface area (Å²) in [5.41, 5.74) is 5.14. The van der Waals surface area contributed by atoms with E-state index >= 15 is 0 Å². The predicted molar refractivity (Wildman–Crippen MR) is 117 cm³/mol. The number of nitrogens with zero attached hydrogens (tertiary/aromatic N) is 4. The second-order valence-electron chi connectivity index (χ2n) is 7.53. The van der Waals surface area contributed by atoms with Gasteiger partial charge < -0.3 is 15.5 Å². The van der Waals surface area contributed by atoms with E-state index in [0.717, 1.165) is 28.8 Å². The molecule has 1 aliphatic heterocycles. The number of carbonyl (C=O) groups excluding carboxylic acids is 2. The molecule has 0 fully saturated rings. The first-order valence-corrected chi connectivity index (χ1v) is 10.5. The van der Waals surface area contributed by atoms with E-state index in [0.29, 0.717) is 37.6 Å². The highest BCUT2D eigenvalue weighted by Crippen LogP contribution is 2.26. The van der Waals surface area contributed by atoms with Crippen LogP contribution in [0.4, 0.5) is 4.79 Å². The SMILES string of the molecule is CCNC(=O)N1CCc2c(cccc2-n2nnc(C(=O)NCc3ccccc3)c2C)C1. The lowest BCUT2D eigenvalue weighted by Crippen LogP contribution is -2.42. The molecule has 0 saturated heterocycles. The highest BCUT2D eigenvalue weighted by atomic mass is 16.2. The van der Waals surface area contributed by atoms with Crippen LogP contribution in [0.2, 0.25) is 0 Å². The molecule has 8 heteroatoms. The molecule has 31 heavy (non-hydrogen) atoms. The highest BCUT2D eigenvalue weighted by molar-refractivity contribution is 5.93. The van der Waals surface area contributed by atoms with Gasteiger partial charge in [-0.1, -0.05) is 47.7 Å². The molecule has 160 valence electrons. The molecule has 2 aromatic carbocycles. The second-order valence-corrected chi connectivity index (χ2v) is 7.53. The van der Waals surface area contributed by atoms with Crippen LogP contribution in [0.25, 0.3) is 5.69 Å². The Labute approximate surface area is 181 Å². The van der Waals surface area contributed by atoms with Crippen molar-refractivity contribution >= 4 is 11.9 Å². The lowest BCUT2D eigenvalue weighted by molar-refractivity contribution is 0.0945. The van der Waals surface area contributed by atoms with Crippen LogP contribution in [0, 0.1) is 6.92 Å². The Morgan fingerprint density at radius 1 is 1.06 bits per heavy atom. The van der Waals surface area contributed by atoms with Crippen molar-refractivity contribution in [3.8, 4) is 5.69 Å². The van der Waals surface area contributed by atoms with Gasteiger partial charge in [-0.05, 0) is 43.0 Å². The third kappa shape index (κ3) is 4.28. The van der Waals surface area contributed by atoms with E-state index in [-0.39, 0.29) is 11.9 Å². The van der Waals surface area contributed by atoms with Gasteiger partial charge in [0.2, 0.25) is 0 Å². The summed E-state index contributed by atoms with van der Waals surface area (Å²) < 4.78 is 1.72. The Balaban J connectivity index is 1.54. The molecule has 0 atom stereocenters. The standard InChI is InChI=1S/C23H26N6O2/c1-3-24-23(31)28-13-12-19-18(15-28)10-7-11-20(19)29-16(2)21(26-27-29)22(30)25-14-17-8-5-4-6-9-17/h4-11H,3,12-15H2,1-2H3,(H,24,31)(H,25,30). The average molecular weight is 419 g/mol. The molecule has 0 aliphatic carbocycles. The Kier molecular flexibility index (Phi) is 5.97. The molecule has 8 nitrogen and oxygen atoms in total. The lowest BCUT2D eigenvalue weighted by atomic mass is 9.98. The van der Waals surface area contributed by atoms with Gasteiger partial charge in [-0.3, -0.25) is 4.79 Å². The number of urea groups is 1. The molecular weight excluding hydrogens is 392 g/mol. The van der Waals surface area contributed by atoms with Crippen molar-refractivity contribution in [1.82, 2.24) is 30.5 Å². The van der Waals surface area contributed by atoms with Gasteiger partial charge in [0, 0.05) is 26.2 Å². The number of hydrogen-bond donors (Lipinski definition) is 2. The molecule has 0 spiro atoms. The first-order valence-electron chi connectivity index (χ1n) is 10.5. The molecule has 0 bridgehead atoms. The van der Waals surface area contributed by atoms with Gasteiger partial charge in [0.25, 0.3) is 5.91 Å². The first-order chi connectivity index (χ1) is 15.1. The number of hydrogen-bond acceptors (Lipinski definition) is 4. The van der Waals surface area contributed by atoms with Crippen LogP contribution >= 0.6 is 0 Å². The fraction of sp³-hybridized carbons (Fsp3) is 0.304. The van der Waals surface area contributed by atoms with Crippen molar-refractivity contribution in [2.24, 2.45) is 0 Å². The number of aromatic nitrogens is 3. The van der Waals surface area contributed by atoms with E-state index in [9.17, 15) is 9.59 Å². The van der Waals surface area contributed by atoms with Crippen LogP contribution in [-0.4, -0.2) is 44.9 Å². The van der Waals surface area contributed by atoms with Gasteiger partial charge >= 0.3 is 6.03 Å². The molecule has 3 aromatic rings. The van der Waals surface area contributed by atoms with E-state index in [1.807, 2.05) is 67.3 Å². The molecule has 3 amide bonds. The minimum absolute atomic E-state index is 0.0483. The highest BCUT2D eigenvalue weighted by Gasteiger charge is 2.24. The summed E-state index contributed by atoms with van der Waals surface area (Å²) in [6.45, 7) is 5.98. The molecule has 4 rings (SSSR count). The number of amides is 3. The van der Waals surface area contributed by atoms with Crippen molar-refractivity contribution in [2.75, 3.05) is 13.1 Å². The maximum Gasteiger partial charge on any atom is 0.317 e. The van der Waals surface area contributed by atoms with Gasteiger partial charge in [0.05, 0.1) is 11.4 Å². The summed E-state index contributed by atoms with van der Waals surface area (Å²) in [7, 11) is 0. The lowest BCUT2D eigenvalue weighted by Gasteiger charge is -2.30. The van der Waals surface area contributed by atoms with Crippen molar-refractivity contribution in [3.63, 3.8) is 0 Å². The van der Waals surface area contributed by atoms with E-state index < -0.39 is 0 Å². The monoisotopic (exact) mass is 418 g/mol. The summed E-state index contributed by atoms with van der Waals surface area (Å²) in [6.07, 6.45) is 0.720. The van der Waals surface area contributed by atoms with E-state index in [1.165, 1.54) is 0 Å². The topological polar surface area (TPSA) is 92.2 Å². The quantitative estimate of drug-likeness (QED) is 0.666. The molecule has 0 saturated carbocycles. The van der Waals surface area contributed by atoms with Crippen LogP contribution in [0.5, 0.6) is 0 Å². The zero-order valence-electron chi connectivity index (χ0n) is 17.8. The Morgan fingerprint density at radius 2 is 1.87 bits per heavy atom. The number of rotatable bonds is 5. The molecule has 0 radical (unpaired) electrons. The maximum absolute atomic E-state index is 12.7. The Bertz CT molecular complexity index is 1090. The van der Waals surface area contributed by atoms with Crippen molar-refractivity contribution in [1.29, 1.82) is 0 Å².